The van der Waals surface area contributed by atoms with E-state index < -0.39 is 6.10 Å². The van der Waals surface area contributed by atoms with Crippen molar-refractivity contribution >= 4 is 17.9 Å². The summed E-state index contributed by atoms with van der Waals surface area (Å²) in [5.74, 6) is -0.318. The van der Waals surface area contributed by atoms with E-state index in [9.17, 15) is 14.4 Å². The topological polar surface area (TPSA) is 78.9 Å². The molecule has 0 amide bonds. The van der Waals surface area contributed by atoms with Crippen molar-refractivity contribution in [2.75, 3.05) is 13.2 Å². The standard InChI is InChI=1S/C27H50O6/c1-5-7-9-11-13-18-25(28)31-21-24(33-27(30)20-14-12-10-8-6-2)22-32-26(29)19-16-15-17-23(3)4/h23-24H,5-22H2,1-4H3. The van der Waals surface area contributed by atoms with Crippen LogP contribution >= 0.6 is 0 Å². The number of unbranched alkanes of at least 4 members (excludes halogenated alkanes) is 9. The fraction of sp³-hybridized carbons (Fsp3) is 0.889. The molecule has 0 heterocycles. The minimum absolute atomic E-state index is 0.0734. The van der Waals surface area contributed by atoms with E-state index in [1.54, 1.807) is 0 Å². The summed E-state index contributed by atoms with van der Waals surface area (Å²) in [7, 11) is 0. The van der Waals surface area contributed by atoms with Crippen LogP contribution in [-0.2, 0) is 28.6 Å². The molecule has 0 aliphatic carbocycles. The molecule has 0 aliphatic heterocycles. The highest BCUT2D eigenvalue weighted by molar-refractivity contribution is 5.71. The first-order valence-electron chi connectivity index (χ1n) is 13.4. The summed E-state index contributed by atoms with van der Waals surface area (Å²) in [4.78, 5) is 36.3. The van der Waals surface area contributed by atoms with E-state index >= 15 is 0 Å². The van der Waals surface area contributed by atoms with Gasteiger partial charge in [0.15, 0.2) is 6.10 Å². The molecule has 0 fully saturated rings. The Bertz CT molecular complexity index is 503. The van der Waals surface area contributed by atoms with Crippen molar-refractivity contribution in [2.45, 2.75) is 137 Å². The van der Waals surface area contributed by atoms with Gasteiger partial charge in [-0.25, -0.2) is 0 Å². The Kier molecular flexibility index (Phi) is 21.1. The smallest absolute Gasteiger partial charge is 0.306 e. The largest absolute Gasteiger partial charge is 0.462 e. The summed E-state index contributed by atoms with van der Waals surface area (Å²) in [6, 6.07) is 0. The van der Waals surface area contributed by atoms with Gasteiger partial charge in [-0.1, -0.05) is 91.9 Å². The zero-order chi connectivity index (χ0) is 24.7. The lowest BCUT2D eigenvalue weighted by Crippen LogP contribution is -2.30. The zero-order valence-corrected chi connectivity index (χ0v) is 21.8. The minimum atomic E-state index is -0.753. The van der Waals surface area contributed by atoms with Crippen LogP contribution in [0.4, 0.5) is 0 Å². The van der Waals surface area contributed by atoms with Crippen molar-refractivity contribution in [1.82, 2.24) is 0 Å². The van der Waals surface area contributed by atoms with Gasteiger partial charge in [-0.2, -0.15) is 0 Å². The van der Waals surface area contributed by atoms with Gasteiger partial charge in [0, 0.05) is 19.3 Å². The highest BCUT2D eigenvalue weighted by atomic mass is 16.6. The molecule has 0 aromatic rings. The van der Waals surface area contributed by atoms with Crippen LogP contribution in [0.15, 0.2) is 0 Å². The predicted molar refractivity (Wildman–Crippen MR) is 132 cm³/mol. The molecule has 0 radical (unpaired) electrons. The van der Waals surface area contributed by atoms with E-state index in [0.717, 1.165) is 70.6 Å². The number of esters is 3. The average Bonchev–Trinajstić information content (AvgIpc) is 2.78. The van der Waals surface area contributed by atoms with Crippen molar-refractivity contribution < 1.29 is 28.6 Å². The van der Waals surface area contributed by atoms with Crippen LogP contribution in [0.25, 0.3) is 0 Å². The van der Waals surface area contributed by atoms with Gasteiger partial charge in [-0.3, -0.25) is 14.4 Å². The molecular formula is C27H50O6. The fourth-order valence-electron chi connectivity index (χ4n) is 3.44. The normalized spacial score (nSPS) is 11.9. The minimum Gasteiger partial charge on any atom is -0.462 e. The van der Waals surface area contributed by atoms with Crippen molar-refractivity contribution in [2.24, 2.45) is 5.92 Å². The highest BCUT2D eigenvalue weighted by Gasteiger charge is 2.19. The Balaban J connectivity index is 4.39. The average molecular weight is 471 g/mol. The van der Waals surface area contributed by atoms with E-state index in [0.29, 0.717) is 25.2 Å². The van der Waals surface area contributed by atoms with Gasteiger partial charge in [0.25, 0.3) is 0 Å². The van der Waals surface area contributed by atoms with Crippen LogP contribution in [0.1, 0.15) is 130 Å². The van der Waals surface area contributed by atoms with Gasteiger partial charge in [0.1, 0.15) is 13.2 Å². The monoisotopic (exact) mass is 470 g/mol. The summed E-state index contributed by atoms with van der Waals surface area (Å²) in [5.41, 5.74) is 0. The predicted octanol–water partition coefficient (Wildman–Crippen LogP) is 6.92. The maximum Gasteiger partial charge on any atom is 0.306 e. The van der Waals surface area contributed by atoms with Gasteiger partial charge in [-0.05, 0) is 25.2 Å². The first kappa shape index (κ1) is 31.4. The van der Waals surface area contributed by atoms with Gasteiger partial charge in [0.2, 0.25) is 0 Å². The number of rotatable bonds is 22. The third kappa shape index (κ3) is 22.0. The molecule has 0 saturated heterocycles. The first-order chi connectivity index (χ1) is 15.9. The Morgan fingerprint density at radius 1 is 0.576 bits per heavy atom. The maximum absolute atomic E-state index is 12.2. The van der Waals surface area contributed by atoms with E-state index in [4.69, 9.17) is 14.2 Å². The van der Waals surface area contributed by atoms with Crippen molar-refractivity contribution in [3.8, 4) is 0 Å². The third-order valence-corrected chi connectivity index (χ3v) is 5.54. The second-order valence-corrected chi connectivity index (χ2v) is 9.45. The maximum atomic E-state index is 12.2. The van der Waals surface area contributed by atoms with Crippen molar-refractivity contribution in [1.29, 1.82) is 0 Å². The highest BCUT2D eigenvalue weighted by Crippen LogP contribution is 2.11. The van der Waals surface area contributed by atoms with E-state index in [1.807, 2.05) is 0 Å². The molecule has 0 aliphatic rings. The second-order valence-electron chi connectivity index (χ2n) is 9.45. The van der Waals surface area contributed by atoms with Crippen LogP contribution in [0.3, 0.4) is 0 Å². The summed E-state index contributed by atoms with van der Waals surface area (Å²) in [5, 5.41) is 0. The molecule has 0 aromatic carbocycles. The fourth-order valence-corrected chi connectivity index (χ4v) is 3.44. The van der Waals surface area contributed by atoms with Crippen molar-refractivity contribution in [3.05, 3.63) is 0 Å². The van der Waals surface area contributed by atoms with Gasteiger partial charge in [0.05, 0.1) is 0 Å². The van der Waals surface area contributed by atoms with Crippen LogP contribution < -0.4 is 0 Å². The van der Waals surface area contributed by atoms with Crippen LogP contribution in [0.2, 0.25) is 0 Å². The Morgan fingerprint density at radius 3 is 1.45 bits per heavy atom. The van der Waals surface area contributed by atoms with Gasteiger partial charge < -0.3 is 14.2 Å². The Labute approximate surface area is 202 Å². The van der Waals surface area contributed by atoms with Gasteiger partial charge in [-0.15, -0.1) is 0 Å². The van der Waals surface area contributed by atoms with Crippen LogP contribution in [-0.4, -0.2) is 37.2 Å². The van der Waals surface area contributed by atoms with Crippen molar-refractivity contribution in [3.63, 3.8) is 0 Å². The molecule has 33 heavy (non-hydrogen) atoms. The Hall–Kier alpha value is -1.59. The molecule has 0 aromatic heterocycles. The van der Waals surface area contributed by atoms with Gasteiger partial charge >= 0.3 is 17.9 Å². The molecule has 1 unspecified atom stereocenters. The summed E-state index contributed by atoms with van der Waals surface area (Å²) >= 11 is 0. The molecular weight excluding hydrogens is 420 g/mol. The van der Waals surface area contributed by atoms with Crippen LogP contribution in [0, 0.1) is 5.92 Å². The Morgan fingerprint density at radius 2 is 1.00 bits per heavy atom. The molecule has 0 spiro atoms. The first-order valence-corrected chi connectivity index (χ1v) is 13.4. The lowest BCUT2D eigenvalue weighted by molar-refractivity contribution is -0.167. The summed E-state index contributed by atoms with van der Waals surface area (Å²) in [6.07, 6.45) is 13.6. The number of hydrogen-bond acceptors (Lipinski definition) is 6. The summed E-state index contributed by atoms with van der Waals surface area (Å²) in [6.45, 7) is 8.47. The second kappa shape index (κ2) is 22.2. The van der Waals surface area contributed by atoms with E-state index in [1.165, 1.54) is 12.8 Å². The molecule has 1 atom stereocenters. The number of hydrogen-bond donors (Lipinski definition) is 0. The van der Waals surface area contributed by atoms with Crippen LogP contribution in [0.5, 0.6) is 0 Å². The lowest BCUT2D eigenvalue weighted by Gasteiger charge is -2.18. The van der Waals surface area contributed by atoms with E-state index in [-0.39, 0.29) is 31.1 Å². The summed E-state index contributed by atoms with van der Waals surface area (Å²) < 4.78 is 16.1. The molecule has 0 N–H and O–H groups in total. The SMILES string of the molecule is CCCCCCCC(=O)OCC(COC(=O)CCCCC(C)C)OC(=O)CCCCCCC. The van der Waals surface area contributed by atoms with E-state index in [2.05, 4.69) is 27.7 Å². The molecule has 6 nitrogen and oxygen atoms in total. The molecule has 194 valence electrons. The molecule has 0 rings (SSSR count). The molecule has 6 heteroatoms. The number of carbonyl (C=O) groups is 3. The molecule has 0 saturated carbocycles. The quantitative estimate of drug-likeness (QED) is 0.0970. The molecule has 0 bridgehead atoms. The lowest BCUT2D eigenvalue weighted by atomic mass is 10.1. The zero-order valence-electron chi connectivity index (χ0n) is 21.8. The number of ether oxygens (including phenoxy) is 3. The number of carbonyl (C=O) groups excluding carboxylic acids is 3. The third-order valence-electron chi connectivity index (χ3n) is 5.54.